The Hall–Kier alpha value is -2.51. The maximum atomic E-state index is 12.3. The predicted molar refractivity (Wildman–Crippen MR) is 93.2 cm³/mol. The van der Waals surface area contributed by atoms with Crippen molar-refractivity contribution in [3.63, 3.8) is 0 Å². The summed E-state index contributed by atoms with van der Waals surface area (Å²) >= 11 is 1.47. The van der Waals surface area contributed by atoms with Crippen molar-refractivity contribution in [2.24, 2.45) is 0 Å². The fraction of sp³-hybridized carbons (Fsp3) is 0.278. The molecule has 25 heavy (non-hydrogen) atoms. The normalized spacial score (nSPS) is 16.9. The van der Waals surface area contributed by atoms with Gasteiger partial charge in [-0.2, -0.15) is 0 Å². The molecule has 1 N–H and O–H groups in total. The number of nitrogens with one attached hydrogen (secondary N) is 1. The van der Waals surface area contributed by atoms with Gasteiger partial charge in [-0.25, -0.2) is 0 Å². The number of thiophene rings is 1. The van der Waals surface area contributed by atoms with E-state index in [2.05, 4.69) is 15.5 Å². The van der Waals surface area contributed by atoms with Gasteiger partial charge in [-0.1, -0.05) is 18.2 Å². The molecule has 2 aromatic heterocycles. The third-order valence-electron chi connectivity index (χ3n) is 3.99. The fourth-order valence-electron chi connectivity index (χ4n) is 2.72. The van der Waals surface area contributed by atoms with E-state index in [0.29, 0.717) is 16.7 Å². The first-order valence-corrected chi connectivity index (χ1v) is 8.98. The number of rotatable bonds is 5. The lowest BCUT2D eigenvalue weighted by atomic mass is 10.2. The molecule has 0 aliphatic carbocycles. The van der Waals surface area contributed by atoms with Crippen molar-refractivity contribution in [2.45, 2.75) is 25.5 Å². The zero-order valence-corrected chi connectivity index (χ0v) is 14.3. The number of benzene rings is 1. The lowest BCUT2D eigenvalue weighted by Crippen LogP contribution is -2.21. The second-order valence-corrected chi connectivity index (χ2v) is 6.87. The molecule has 0 saturated carbocycles. The van der Waals surface area contributed by atoms with Crippen molar-refractivity contribution < 1.29 is 13.9 Å². The molecule has 1 unspecified atom stereocenters. The van der Waals surface area contributed by atoms with Gasteiger partial charge in [-0.05, 0) is 37.1 Å². The number of ether oxygens (including phenoxy) is 1. The molecular formula is C18H17N3O3S. The highest BCUT2D eigenvalue weighted by molar-refractivity contribution is 7.14. The van der Waals surface area contributed by atoms with Crippen molar-refractivity contribution in [3.05, 3.63) is 58.1 Å². The zero-order valence-electron chi connectivity index (χ0n) is 13.5. The third kappa shape index (κ3) is 3.62. The highest BCUT2D eigenvalue weighted by Gasteiger charge is 2.21. The van der Waals surface area contributed by atoms with Gasteiger partial charge < -0.3 is 14.5 Å². The van der Waals surface area contributed by atoms with Gasteiger partial charge in [0, 0.05) is 17.0 Å². The molecule has 7 heteroatoms. The van der Waals surface area contributed by atoms with Gasteiger partial charge in [-0.3, -0.25) is 4.79 Å². The van der Waals surface area contributed by atoms with Crippen molar-refractivity contribution in [1.82, 2.24) is 15.5 Å². The molecule has 3 heterocycles. The van der Waals surface area contributed by atoms with Crippen LogP contribution in [0.25, 0.3) is 11.5 Å². The summed E-state index contributed by atoms with van der Waals surface area (Å²) in [6.07, 6.45) is 2.23. The first kappa shape index (κ1) is 16.0. The van der Waals surface area contributed by atoms with Gasteiger partial charge >= 0.3 is 0 Å². The number of hydrogen-bond donors (Lipinski definition) is 1. The first-order valence-electron chi connectivity index (χ1n) is 8.17. The minimum atomic E-state index is -0.145. The van der Waals surface area contributed by atoms with E-state index in [0.717, 1.165) is 29.9 Å². The number of carbonyl (C=O) groups is 1. The van der Waals surface area contributed by atoms with Crippen molar-refractivity contribution >= 4 is 17.2 Å². The number of nitrogens with zero attached hydrogens (tertiary/aromatic N) is 2. The van der Waals surface area contributed by atoms with Crippen LogP contribution in [-0.4, -0.2) is 22.7 Å². The second kappa shape index (κ2) is 7.16. The van der Waals surface area contributed by atoms with E-state index >= 15 is 0 Å². The van der Waals surface area contributed by atoms with Crippen LogP contribution in [0.2, 0.25) is 0 Å². The Morgan fingerprint density at radius 2 is 2.08 bits per heavy atom. The molecule has 1 saturated heterocycles. The van der Waals surface area contributed by atoms with Crippen LogP contribution >= 0.6 is 11.3 Å². The molecule has 0 bridgehead atoms. The number of aromatic nitrogens is 2. The first-order chi connectivity index (χ1) is 12.3. The molecule has 1 aliphatic heterocycles. The topological polar surface area (TPSA) is 77.3 Å². The average molecular weight is 355 g/mol. The molecule has 1 atom stereocenters. The number of hydrogen-bond acceptors (Lipinski definition) is 6. The molecule has 6 nitrogen and oxygen atoms in total. The summed E-state index contributed by atoms with van der Waals surface area (Å²) in [4.78, 5) is 14.1. The van der Waals surface area contributed by atoms with Crippen LogP contribution < -0.4 is 5.32 Å². The predicted octanol–water partition coefficient (Wildman–Crippen LogP) is 3.58. The Morgan fingerprint density at radius 3 is 2.88 bits per heavy atom. The van der Waals surface area contributed by atoms with E-state index in [9.17, 15) is 4.79 Å². The van der Waals surface area contributed by atoms with Gasteiger partial charge in [0.1, 0.15) is 0 Å². The number of carbonyl (C=O) groups excluding carboxylic acids is 1. The molecule has 128 valence electrons. The van der Waals surface area contributed by atoms with Crippen molar-refractivity contribution in [2.75, 3.05) is 6.61 Å². The summed E-state index contributed by atoms with van der Waals surface area (Å²) in [7, 11) is 0. The van der Waals surface area contributed by atoms with Crippen LogP contribution in [0.5, 0.6) is 0 Å². The van der Waals surface area contributed by atoms with Crippen molar-refractivity contribution in [1.29, 1.82) is 0 Å². The van der Waals surface area contributed by atoms with Crippen LogP contribution in [0.15, 0.2) is 46.9 Å². The third-order valence-corrected chi connectivity index (χ3v) is 5.16. The standard InChI is InChI=1S/C18H17N3O3S/c22-17(15-9-8-14(25-15)13-7-4-10-23-13)19-11-16-20-21-18(24-16)12-5-2-1-3-6-12/h1-3,5-6,8-9,13H,4,7,10-11H2,(H,19,22). The van der Waals surface area contributed by atoms with Gasteiger partial charge in [0.15, 0.2) is 0 Å². The Kier molecular flexibility index (Phi) is 4.58. The maximum Gasteiger partial charge on any atom is 0.261 e. The molecule has 1 aliphatic rings. The fourth-order valence-corrected chi connectivity index (χ4v) is 3.72. The highest BCUT2D eigenvalue weighted by Crippen LogP contribution is 2.33. The Morgan fingerprint density at radius 1 is 1.20 bits per heavy atom. The zero-order chi connectivity index (χ0) is 17.1. The average Bonchev–Trinajstić information content (AvgIpc) is 3.41. The summed E-state index contributed by atoms with van der Waals surface area (Å²) in [5, 5.41) is 10.8. The molecule has 1 aromatic carbocycles. The van der Waals surface area contributed by atoms with E-state index in [4.69, 9.17) is 9.15 Å². The van der Waals surface area contributed by atoms with Gasteiger partial charge in [0.2, 0.25) is 11.8 Å². The molecular weight excluding hydrogens is 338 g/mol. The summed E-state index contributed by atoms with van der Waals surface area (Å²) in [5.41, 5.74) is 0.854. The summed E-state index contributed by atoms with van der Waals surface area (Å²) < 4.78 is 11.2. The van der Waals surface area contributed by atoms with E-state index in [-0.39, 0.29) is 18.6 Å². The quantitative estimate of drug-likeness (QED) is 0.757. The Balaban J connectivity index is 1.37. The monoisotopic (exact) mass is 355 g/mol. The minimum Gasteiger partial charge on any atom is -0.419 e. The highest BCUT2D eigenvalue weighted by atomic mass is 32.1. The van der Waals surface area contributed by atoms with Gasteiger partial charge in [-0.15, -0.1) is 21.5 Å². The Bertz CT molecular complexity index is 853. The molecule has 0 spiro atoms. The number of amides is 1. The van der Waals surface area contributed by atoms with Gasteiger partial charge in [0.05, 0.1) is 17.5 Å². The van der Waals surface area contributed by atoms with Crippen LogP contribution in [0.4, 0.5) is 0 Å². The Labute approximate surface area is 148 Å². The lowest BCUT2D eigenvalue weighted by molar-refractivity contribution is 0.0951. The smallest absolute Gasteiger partial charge is 0.261 e. The van der Waals surface area contributed by atoms with Crippen molar-refractivity contribution in [3.8, 4) is 11.5 Å². The van der Waals surface area contributed by atoms with Crippen LogP contribution in [0.3, 0.4) is 0 Å². The SMILES string of the molecule is O=C(NCc1nnc(-c2ccccc2)o1)c1ccc(C2CCCO2)s1. The van der Waals surface area contributed by atoms with Crippen LogP contribution in [0.1, 0.15) is 39.4 Å². The van der Waals surface area contributed by atoms with Crippen LogP contribution in [0, 0.1) is 0 Å². The van der Waals surface area contributed by atoms with E-state index in [1.165, 1.54) is 11.3 Å². The molecule has 1 fully saturated rings. The molecule has 3 aromatic rings. The lowest BCUT2D eigenvalue weighted by Gasteiger charge is -2.05. The largest absolute Gasteiger partial charge is 0.419 e. The summed E-state index contributed by atoms with van der Waals surface area (Å²) in [5.74, 6) is 0.679. The minimum absolute atomic E-state index is 0.135. The van der Waals surface area contributed by atoms with E-state index in [1.54, 1.807) is 0 Å². The summed E-state index contributed by atoms with van der Waals surface area (Å²) in [6, 6.07) is 13.3. The second-order valence-electron chi connectivity index (χ2n) is 5.75. The van der Waals surface area contributed by atoms with E-state index in [1.807, 2.05) is 42.5 Å². The molecule has 4 rings (SSSR count). The summed E-state index contributed by atoms with van der Waals surface area (Å²) in [6.45, 7) is 0.997. The van der Waals surface area contributed by atoms with E-state index < -0.39 is 0 Å². The van der Waals surface area contributed by atoms with Crippen LogP contribution in [-0.2, 0) is 11.3 Å². The maximum absolute atomic E-state index is 12.3. The molecule has 0 radical (unpaired) electrons. The molecule has 1 amide bonds. The van der Waals surface area contributed by atoms with Gasteiger partial charge in [0.25, 0.3) is 5.91 Å².